The summed E-state index contributed by atoms with van der Waals surface area (Å²) in [6.45, 7) is 5.51. The van der Waals surface area contributed by atoms with E-state index in [1.54, 1.807) is 24.3 Å². The number of benzene rings is 3. The molecule has 1 atom stereocenters. The van der Waals surface area contributed by atoms with E-state index < -0.39 is 12.0 Å². The molecule has 0 saturated carbocycles. The number of aliphatic imine (C=N–C) groups is 1. The summed E-state index contributed by atoms with van der Waals surface area (Å²) in [5.41, 5.74) is 9.04. The first kappa shape index (κ1) is 30.0. The minimum atomic E-state index is -1.08. The summed E-state index contributed by atoms with van der Waals surface area (Å²) < 4.78 is 23.2. The number of hydrogen-bond acceptors (Lipinski definition) is 10. The Bertz CT molecular complexity index is 1520. The molecule has 0 bridgehead atoms. The molecule has 0 aromatic heterocycles. The zero-order valence-electron chi connectivity index (χ0n) is 24.2. The molecule has 0 radical (unpaired) electrons. The molecule has 0 saturated heterocycles. The zero-order valence-corrected chi connectivity index (χ0v) is 24.2. The van der Waals surface area contributed by atoms with Crippen LogP contribution in [0.1, 0.15) is 43.9 Å². The number of esters is 1. The van der Waals surface area contributed by atoms with Crippen LogP contribution in [-0.2, 0) is 22.4 Å². The summed E-state index contributed by atoms with van der Waals surface area (Å²) in [7, 11) is 1.50. The fraction of sp³-hybridized carbons (Fsp3) is 0.281. The van der Waals surface area contributed by atoms with Gasteiger partial charge in [0.15, 0.2) is 11.5 Å². The summed E-state index contributed by atoms with van der Waals surface area (Å²) in [4.78, 5) is 16.9. The number of rotatable bonds is 10. The Hall–Kier alpha value is -5.01. The van der Waals surface area contributed by atoms with Gasteiger partial charge in [0, 0.05) is 18.9 Å². The third kappa shape index (κ3) is 7.80. The summed E-state index contributed by atoms with van der Waals surface area (Å²) in [6.07, 6.45) is 0.0128. The van der Waals surface area contributed by atoms with Gasteiger partial charge in [-0.2, -0.15) is 5.26 Å². The Labute approximate surface area is 245 Å². The lowest BCUT2D eigenvalue weighted by Gasteiger charge is -2.33. The molecule has 3 aromatic carbocycles. The maximum absolute atomic E-state index is 12.2. The van der Waals surface area contributed by atoms with Crippen molar-refractivity contribution in [2.45, 2.75) is 52.0 Å². The molecule has 0 amide bonds. The minimum absolute atomic E-state index is 0.139. The van der Waals surface area contributed by atoms with Gasteiger partial charge in [-0.05, 0) is 62.6 Å². The van der Waals surface area contributed by atoms with Crippen LogP contribution in [0.15, 0.2) is 89.4 Å². The number of carbonyl (C=O) groups is 1. The van der Waals surface area contributed by atoms with E-state index in [0.717, 1.165) is 11.1 Å². The standard InChI is InChI=1S/C32H35N5O5/c1-32(2,3)42-28(38)16-14-22-11-8-12-24(17-22)40-30-29(34)25(18-21-9-6-5-7-10-21)36-31(37(30)35)41-27-19-23(20-33)13-15-26(27)39-4/h5-13,15,17,19,31H,14,16,18,34-35H2,1-4H3. The van der Waals surface area contributed by atoms with Crippen molar-refractivity contribution in [2.75, 3.05) is 7.11 Å². The highest BCUT2D eigenvalue weighted by molar-refractivity contribution is 6.01. The van der Waals surface area contributed by atoms with Crippen molar-refractivity contribution in [2.24, 2.45) is 16.6 Å². The molecule has 10 heteroatoms. The van der Waals surface area contributed by atoms with Gasteiger partial charge < -0.3 is 24.7 Å². The first-order chi connectivity index (χ1) is 20.1. The van der Waals surface area contributed by atoms with E-state index in [4.69, 9.17) is 35.5 Å². The SMILES string of the molecule is COc1ccc(C#N)cc1OC1N=C(Cc2ccccc2)C(N)=C(Oc2cccc(CCC(=O)OC(C)(C)C)c2)N1N. The lowest BCUT2D eigenvalue weighted by Crippen LogP contribution is -2.49. The van der Waals surface area contributed by atoms with E-state index in [-0.39, 0.29) is 29.7 Å². The van der Waals surface area contributed by atoms with Gasteiger partial charge >= 0.3 is 5.97 Å². The van der Waals surface area contributed by atoms with Crippen molar-refractivity contribution < 1.29 is 23.7 Å². The number of hydrogen-bond donors (Lipinski definition) is 2. The van der Waals surface area contributed by atoms with Crippen LogP contribution in [0.25, 0.3) is 0 Å². The van der Waals surface area contributed by atoms with Crippen LogP contribution in [0.3, 0.4) is 0 Å². The Morgan fingerprint density at radius 2 is 1.76 bits per heavy atom. The molecule has 10 nitrogen and oxygen atoms in total. The number of nitrogens with two attached hydrogens (primary N) is 2. The molecule has 0 spiro atoms. The average molecular weight is 570 g/mol. The number of ether oxygens (including phenoxy) is 4. The molecule has 3 aromatic rings. The number of aryl methyl sites for hydroxylation is 1. The van der Waals surface area contributed by atoms with Gasteiger partial charge in [0.25, 0.3) is 6.35 Å². The second kappa shape index (κ2) is 13.1. The first-order valence-corrected chi connectivity index (χ1v) is 13.4. The monoisotopic (exact) mass is 569 g/mol. The molecule has 42 heavy (non-hydrogen) atoms. The van der Waals surface area contributed by atoms with Crippen LogP contribution in [-0.4, -0.2) is 35.8 Å². The Kier molecular flexibility index (Phi) is 9.35. The number of carbonyl (C=O) groups excluding carboxylic acids is 1. The quantitative estimate of drug-likeness (QED) is 0.265. The van der Waals surface area contributed by atoms with Gasteiger partial charge in [-0.3, -0.25) is 4.79 Å². The van der Waals surface area contributed by atoms with Crippen LogP contribution in [0.4, 0.5) is 0 Å². The largest absolute Gasteiger partial charge is 0.493 e. The summed E-state index contributed by atoms with van der Waals surface area (Å²) in [5, 5.41) is 10.6. The second-order valence-corrected chi connectivity index (χ2v) is 10.6. The molecule has 4 N–H and O–H groups in total. The van der Waals surface area contributed by atoms with E-state index in [1.807, 2.05) is 69.3 Å². The fourth-order valence-corrected chi connectivity index (χ4v) is 4.22. The Balaban J connectivity index is 1.61. The van der Waals surface area contributed by atoms with Crippen molar-refractivity contribution in [1.29, 1.82) is 5.26 Å². The van der Waals surface area contributed by atoms with E-state index in [0.29, 0.717) is 35.6 Å². The highest BCUT2D eigenvalue weighted by Crippen LogP contribution is 2.32. The van der Waals surface area contributed by atoms with Crippen LogP contribution in [0, 0.1) is 11.3 Å². The molecule has 1 heterocycles. The number of hydrazine groups is 1. The van der Waals surface area contributed by atoms with Gasteiger partial charge in [-0.1, -0.05) is 42.5 Å². The highest BCUT2D eigenvalue weighted by atomic mass is 16.6. The van der Waals surface area contributed by atoms with Gasteiger partial charge in [0.1, 0.15) is 17.0 Å². The highest BCUT2D eigenvalue weighted by Gasteiger charge is 2.32. The Morgan fingerprint density at radius 3 is 2.45 bits per heavy atom. The van der Waals surface area contributed by atoms with E-state index in [9.17, 15) is 10.1 Å². The molecule has 4 rings (SSSR count). The number of nitrogens with zero attached hydrogens (tertiary/aromatic N) is 3. The molecule has 0 aliphatic carbocycles. The van der Waals surface area contributed by atoms with Gasteiger partial charge in [0.2, 0.25) is 5.88 Å². The predicted molar refractivity (Wildman–Crippen MR) is 158 cm³/mol. The topological polar surface area (TPSA) is 145 Å². The maximum atomic E-state index is 12.2. The van der Waals surface area contributed by atoms with Gasteiger partial charge in [-0.25, -0.2) is 15.8 Å². The van der Waals surface area contributed by atoms with Gasteiger partial charge in [0.05, 0.1) is 24.5 Å². The van der Waals surface area contributed by atoms with Gasteiger partial charge in [-0.15, -0.1) is 0 Å². The molecular weight excluding hydrogens is 534 g/mol. The smallest absolute Gasteiger partial charge is 0.306 e. The van der Waals surface area contributed by atoms with Crippen molar-refractivity contribution in [3.05, 3.63) is 101 Å². The third-order valence-electron chi connectivity index (χ3n) is 6.17. The number of methoxy groups -OCH3 is 1. The van der Waals surface area contributed by atoms with Crippen molar-refractivity contribution >= 4 is 11.7 Å². The fourth-order valence-electron chi connectivity index (χ4n) is 4.22. The lowest BCUT2D eigenvalue weighted by molar-refractivity contribution is -0.154. The molecule has 1 aliphatic rings. The van der Waals surface area contributed by atoms with Crippen LogP contribution >= 0.6 is 0 Å². The van der Waals surface area contributed by atoms with E-state index in [1.165, 1.54) is 12.1 Å². The van der Waals surface area contributed by atoms with Crippen LogP contribution in [0.2, 0.25) is 0 Å². The number of allylic oxidation sites excluding steroid dienone is 1. The van der Waals surface area contributed by atoms with Crippen molar-refractivity contribution in [1.82, 2.24) is 5.01 Å². The molecule has 1 unspecified atom stereocenters. The molecule has 0 fully saturated rings. The molecule has 218 valence electrons. The minimum Gasteiger partial charge on any atom is -0.493 e. The lowest BCUT2D eigenvalue weighted by atomic mass is 10.1. The van der Waals surface area contributed by atoms with E-state index >= 15 is 0 Å². The summed E-state index contributed by atoms with van der Waals surface area (Å²) in [6, 6.07) is 23.9. The summed E-state index contributed by atoms with van der Waals surface area (Å²) >= 11 is 0. The normalized spacial score (nSPS) is 15.0. The van der Waals surface area contributed by atoms with E-state index in [2.05, 4.69) is 6.07 Å². The molecule has 1 aliphatic heterocycles. The Morgan fingerprint density at radius 1 is 1.02 bits per heavy atom. The third-order valence-corrected chi connectivity index (χ3v) is 6.17. The average Bonchev–Trinajstić information content (AvgIpc) is 2.96. The van der Waals surface area contributed by atoms with Crippen molar-refractivity contribution in [3.63, 3.8) is 0 Å². The van der Waals surface area contributed by atoms with Crippen LogP contribution < -0.4 is 25.8 Å². The zero-order chi connectivity index (χ0) is 30.3. The predicted octanol–water partition coefficient (Wildman–Crippen LogP) is 4.58. The first-order valence-electron chi connectivity index (χ1n) is 13.4. The van der Waals surface area contributed by atoms with Crippen LogP contribution in [0.5, 0.6) is 17.2 Å². The second-order valence-electron chi connectivity index (χ2n) is 10.6. The maximum Gasteiger partial charge on any atom is 0.306 e. The van der Waals surface area contributed by atoms with Crippen molar-refractivity contribution in [3.8, 4) is 23.3 Å². The summed E-state index contributed by atoms with van der Waals surface area (Å²) in [5.74, 6) is 7.51. The molecular formula is C32H35N5O5. The number of nitriles is 1.